The largest absolute Gasteiger partial charge is 0.490 e. The quantitative estimate of drug-likeness (QED) is 0.0279. The van der Waals surface area contributed by atoms with E-state index in [-0.39, 0.29) is 95.4 Å². The summed E-state index contributed by atoms with van der Waals surface area (Å²) in [4.78, 5) is 96.4. The van der Waals surface area contributed by atoms with E-state index in [9.17, 15) is 33.6 Å². The predicted octanol–water partition coefficient (Wildman–Crippen LogP) is 9.60. The molecule has 0 N–H and O–H groups in total. The van der Waals surface area contributed by atoms with Crippen molar-refractivity contribution >= 4 is 41.5 Å². The first-order chi connectivity index (χ1) is 33.5. The van der Waals surface area contributed by atoms with Crippen LogP contribution in [0, 0.1) is 22.2 Å². The third kappa shape index (κ3) is 19.7. The van der Waals surface area contributed by atoms with Gasteiger partial charge in [0.05, 0.1) is 17.4 Å². The van der Waals surface area contributed by atoms with Gasteiger partial charge in [0.25, 0.3) is 0 Å². The molecule has 1 saturated heterocycles. The molecular formula is C55H81NO14. The summed E-state index contributed by atoms with van der Waals surface area (Å²) < 4.78 is 39.3. The second-order valence-electron chi connectivity index (χ2n) is 19.1. The van der Waals surface area contributed by atoms with Gasteiger partial charge in [-0.3, -0.25) is 33.6 Å². The summed E-state index contributed by atoms with van der Waals surface area (Å²) in [6.45, 7) is 13.0. The van der Waals surface area contributed by atoms with Crippen molar-refractivity contribution in [2.75, 3.05) is 52.8 Å². The normalized spacial score (nSPS) is 15.5. The molecule has 0 radical (unpaired) electrons. The summed E-state index contributed by atoms with van der Waals surface area (Å²) in [7, 11) is 0. The molecule has 4 atom stereocenters. The molecule has 70 heavy (non-hydrogen) atoms. The van der Waals surface area contributed by atoms with Crippen molar-refractivity contribution in [2.45, 2.75) is 157 Å². The zero-order valence-electron chi connectivity index (χ0n) is 43.1. The number of Topliss-reactive ketones (excluding diaryl/α,β-unsaturated/α-hetero) is 1. The van der Waals surface area contributed by atoms with Gasteiger partial charge in [-0.25, -0.2) is 0 Å². The minimum atomic E-state index is -1.95. The summed E-state index contributed by atoms with van der Waals surface area (Å²) in [5.41, 5.74) is -4.00. The molecule has 0 bridgehead atoms. The maximum atomic E-state index is 14.3. The van der Waals surface area contributed by atoms with Crippen molar-refractivity contribution in [1.82, 2.24) is 4.90 Å². The Morgan fingerprint density at radius 3 is 1.66 bits per heavy atom. The average molecular weight is 980 g/mol. The van der Waals surface area contributed by atoms with Gasteiger partial charge in [-0.2, -0.15) is 0 Å². The molecule has 0 saturated carbocycles. The molecule has 1 aliphatic heterocycles. The van der Waals surface area contributed by atoms with Gasteiger partial charge < -0.3 is 38.1 Å². The van der Waals surface area contributed by atoms with Crippen LogP contribution in [0.3, 0.4) is 0 Å². The number of amides is 1. The Morgan fingerprint density at radius 2 is 1.14 bits per heavy atom. The Balaban J connectivity index is 1.73. The third-order valence-electron chi connectivity index (χ3n) is 13.7. The number of carbonyl (C=O) groups excluding carboxylic acids is 7. The van der Waals surface area contributed by atoms with Crippen LogP contribution in [0.1, 0.15) is 151 Å². The number of nitrogens with zero attached hydrogens (tertiary/aromatic N) is 1. The summed E-state index contributed by atoms with van der Waals surface area (Å²) >= 11 is 0. The van der Waals surface area contributed by atoms with Crippen LogP contribution in [0.2, 0.25) is 0 Å². The van der Waals surface area contributed by atoms with Gasteiger partial charge in [0.2, 0.25) is 5.91 Å². The molecule has 1 fully saturated rings. The molecule has 1 amide bonds. The Kier molecular flexibility index (Phi) is 26.0. The smallest absolute Gasteiger partial charge is 0.319 e. The summed E-state index contributed by atoms with van der Waals surface area (Å²) in [6, 6.07) is 17.6. The molecule has 2 aromatic carbocycles. The standard InChI is InChI=1S/C55H81NO14/c1-8-11-21-44(9-2)41-70-50(61)53(6,10-3)31-32-54(7,40-42(4)56-33-20-14-19-26-47(56)58)51(62)68-38-39-69-52(63)55(43(5)57,29-27-48(59)66-36-34-64-45-22-15-12-16-23-45)30-28-49(60)67-37-35-65-46-24-17-13-18-25-46/h12-13,15-18,22-25,42,44H,8-11,14,19-21,26-41H2,1-7H3. The maximum Gasteiger partial charge on any atom is 0.319 e. The van der Waals surface area contributed by atoms with E-state index in [2.05, 4.69) is 13.8 Å². The molecule has 390 valence electrons. The number of carbonyl (C=O) groups is 7. The number of para-hydroxylation sites is 2. The maximum absolute atomic E-state index is 14.3. The van der Waals surface area contributed by atoms with Crippen molar-refractivity contribution in [3.8, 4) is 11.5 Å². The van der Waals surface area contributed by atoms with Crippen LogP contribution in [0.15, 0.2) is 60.7 Å². The van der Waals surface area contributed by atoms with E-state index in [0.29, 0.717) is 43.9 Å². The number of benzene rings is 2. The molecule has 15 heteroatoms. The van der Waals surface area contributed by atoms with Gasteiger partial charge in [0.15, 0.2) is 0 Å². The lowest BCUT2D eigenvalue weighted by Gasteiger charge is -2.37. The van der Waals surface area contributed by atoms with Crippen LogP contribution in [-0.2, 0) is 57.2 Å². The van der Waals surface area contributed by atoms with Gasteiger partial charge in [0.1, 0.15) is 62.3 Å². The van der Waals surface area contributed by atoms with Crippen molar-refractivity contribution < 1.29 is 66.7 Å². The van der Waals surface area contributed by atoms with E-state index < -0.39 is 52.5 Å². The minimum absolute atomic E-state index is 0.0350. The molecule has 15 nitrogen and oxygen atoms in total. The number of ether oxygens (including phenoxy) is 7. The van der Waals surface area contributed by atoms with Crippen LogP contribution >= 0.6 is 0 Å². The first-order valence-electron chi connectivity index (χ1n) is 25.5. The fourth-order valence-corrected chi connectivity index (χ4v) is 8.60. The van der Waals surface area contributed by atoms with E-state index in [1.54, 1.807) is 31.2 Å². The number of ketones is 1. The van der Waals surface area contributed by atoms with E-state index in [1.807, 2.05) is 62.1 Å². The Labute approximate surface area is 416 Å². The lowest BCUT2D eigenvalue weighted by atomic mass is 9.73. The van der Waals surface area contributed by atoms with E-state index in [0.717, 1.165) is 44.9 Å². The second kappa shape index (κ2) is 31.0. The first-order valence-corrected chi connectivity index (χ1v) is 25.5. The van der Waals surface area contributed by atoms with Crippen LogP contribution in [0.4, 0.5) is 0 Å². The summed E-state index contributed by atoms with van der Waals surface area (Å²) in [5.74, 6) is -2.42. The Hall–Kier alpha value is -5.47. The molecule has 0 aliphatic carbocycles. The van der Waals surface area contributed by atoms with E-state index >= 15 is 0 Å². The molecule has 1 aliphatic rings. The number of hydrogen-bond acceptors (Lipinski definition) is 14. The minimum Gasteiger partial charge on any atom is -0.490 e. The Bertz CT molecular complexity index is 1860. The lowest BCUT2D eigenvalue weighted by molar-refractivity contribution is -0.169. The van der Waals surface area contributed by atoms with Crippen LogP contribution < -0.4 is 9.47 Å². The zero-order chi connectivity index (χ0) is 51.4. The average Bonchev–Trinajstić information content (AvgIpc) is 3.59. The molecule has 4 unspecified atom stereocenters. The number of hydrogen-bond donors (Lipinski definition) is 0. The molecule has 2 aromatic rings. The highest BCUT2D eigenvalue weighted by Gasteiger charge is 2.46. The molecule has 0 aromatic heterocycles. The van der Waals surface area contributed by atoms with Gasteiger partial charge in [-0.05, 0) is 116 Å². The van der Waals surface area contributed by atoms with Crippen molar-refractivity contribution in [3.63, 3.8) is 0 Å². The fraction of sp³-hybridized carbons (Fsp3) is 0.655. The van der Waals surface area contributed by atoms with Gasteiger partial charge in [0, 0.05) is 31.8 Å². The van der Waals surface area contributed by atoms with E-state index in [4.69, 9.17) is 33.2 Å². The summed E-state index contributed by atoms with van der Waals surface area (Å²) in [6.07, 6.45) is 7.00. The topological polar surface area (TPSA) is 187 Å². The highest BCUT2D eigenvalue weighted by atomic mass is 16.6. The molecular weight excluding hydrogens is 899 g/mol. The first kappa shape index (κ1) is 58.8. The fourth-order valence-electron chi connectivity index (χ4n) is 8.60. The van der Waals surface area contributed by atoms with Gasteiger partial charge in [-0.1, -0.05) is 82.9 Å². The number of rotatable bonds is 34. The van der Waals surface area contributed by atoms with Crippen LogP contribution in [0.25, 0.3) is 0 Å². The predicted molar refractivity (Wildman–Crippen MR) is 264 cm³/mol. The third-order valence-corrected chi connectivity index (χ3v) is 13.7. The molecule has 3 rings (SSSR count). The Morgan fingerprint density at radius 1 is 0.629 bits per heavy atom. The van der Waals surface area contributed by atoms with Crippen molar-refractivity contribution in [2.24, 2.45) is 22.2 Å². The van der Waals surface area contributed by atoms with Crippen LogP contribution in [-0.4, -0.2) is 105 Å². The lowest BCUT2D eigenvalue weighted by Crippen LogP contribution is -2.44. The zero-order valence-corrected chi connectivity index (χ0v) is 43.1. The van der Waals surface area contributed by atoms with Crippen molar-refractivity contribution in [1.29, 1.82) is 0 Å². The van der Waals surface area contributed by atoms with Crippen molar-refractivity contribution in [3.05, 3.63) is 60.7 Å². The van der Waals surface area contributed by atoms with Crippen LogP contribution in [0.5, 0.6) is 11.5 Å². The number of esters is 5. The number of unbranched alkanes of at least 4 members (excludes halogenated alkanes) is 1. The van der Waals surface area contributed by atoms with Gasteiger partial charge >= 0.3 is 29.8 Å². The monoisotopic (exact) mass is 980 g/mol. The van der Waals surface area contributed by atoms with E-state index in [1.165, 1.54) is 6.92 Å². The highest BCUT2D eigenvalue weighted by Crippen LogP contribution is 2.40. The number of likely N-dealkylation sites (tertiary alicyclic amines) is 1. The second-order valence-corrected chi connectivity index (χ2v) is 19.1. The molecule has 1 heterocycles. The van der Waals surface area contributed by atoms with Gasteiger partial charge in [-0.15, -0.1) is 0 Å². The summed E-state index contributed by atoms with van der Waals surface area (Å²) in [5, 5.41) is 0. The highest BCUT2D eigenvalue weighted by molar-refractivity contribution is 6.03. The SMILES string of the molecule is CCCCC(CC)COC(=O)C(C)(CC)CCC(C)(CC(C)N1CCCCCC1=O)C(=O)OCCOC(=O)C(CCC(=O)OCCOc1ccccc1)(CCC(=O)OCCOc1ccccc1)C(C)=O. The molecule has 0 spiro atoms.